The van der Waals surface area contributed by atoms with Crippen LogP contribution in [0.4, 0.5) is 5.82 Å². The molecule has 1 saturated heterocycles. The number of sulfonamides is 1. The number of piperazine rings is 1. The predicted molar refractivity (Wildman–Crippen MR) is 67.1 cm³/mol. The van der Waals surface area contributed by atoms with Gasteiger partial charge in [0, 0.05) is 31.7 Å². The van der Waals surface area contributed by atoms with Gasteiger partial charge in [-0.25, -0.2) is 8.42 Å². The van der Waals surface area contributed by atoms with Crippen LogP contribution in [0.5, 0.6) is 0 Å². The molecule has 0 spiro atoms. The lowest BCUT2D eigenvalue weighted by atomic mass is 10.3. The van der Waals surface area contributed by atoms with Gasteiger partial charge in [-0.05, 0) is 22.9 Å². The van der Waals surface area contributed by atoms with Crippen molar-refractivity contribution < 1.29 is 13.3 Å². The number of aromatic nitrogens is 1. The number of hydrogen-bond acceptors (Lipinski definition) is 6. The fourth-order valence-corrected chi connectivity index (χ4v) is 3.52. The van der Waals surface area contributed by atoms with Gasteiger partial charge in [0.15, 0.2) is 6.20 Å². The quantitative estimate of drug-likeness (QED) is 0.618. The summed E-state index contributed by atoms with van der Waals surface area (Å²) in [5.74, 6) is -0.368. The summed E-state index contributed by atoms with van der Waals surface area (Å²) in [5, 5.41) is 13.6. The minimum absolute atomic E-state index is 0.0214. The summed E-state index contributed by atoms with van der Waals surface area (Å²) < 4.78 is 26.1. The van der Waals surface area contributed by atoms with Gasteiger partial charge in [-0.3, -0.25) is 0 Å². The van der Waals surface area contributed by atoms with Crippen LogP contribution >= 0.6 is 0 Å². The summed E-state index contributed by atoms with van der Waals surface area (Å²) in [6, 6.07) is 2.16. The number of nitrogens with zero attached hydrogens (tertiary/aromatic N) is 3. The number of rotatable bonds is 3. The highest BCUT2D eigenvalue weighted by atomic mass is 32.2. The van der Waals surface area contributed by atoms with Crippen LogP contribution in [0.15, 0.2) is 23.2 Å². The maximum Gasteiger partial charge on any atom is 0.363 e. The van der Waals surface area contributed by atoms with E-state index in [2.05, 4.69) is 10.3 Å². The van der Waals surface area contributed by atoms with E-state index in [0.717, 1.165) is 12.3 Å². The molecular formula is C10H14N4O4S. The summed E-state index contributed by atoms with van der Waals surface area (Å²) >= 11 is 0. The van der Waals surface area contributed by atoms with Crippen LogP contribution in [-0.4, -0.2) is 48.3 Å². The average Bonchev–Trinajstić information content (AvgIpc) is 2.39. The molecule has 8 nitrogen and oxygen atoms in total. The highest BCUT2D eigenvalue weighted by Crippen LogP contribution is 2.20. The van der Waals surface area contributed by atoms with E-state index in [4.69, 9.17) is 0 Å². The van der Waals surface area contributed by atoms with Gasteiger partial charge in [0.25, 0.3) is 0 Å². The summed E-state index contributed by atoms with van der Waals surface area (Å²) in [4.78, 5) is 13.4. The number of pyridine rings is 1. The maximum absolute atomic E-state index is 12.4. The molecule has 1 aromatic rings. The predicted octanol–water partition coefficient (Wildman–Crippen LogP) is -0.0278. The molecule has 1 aliphatic rings. The molecule has 1 N–H and O–H groups in total. The second kappa shape index (κ2) is 5.19. The second-order valence-corrected chi connectivity index (χ2v) is 6.17. The molecule has 0 saturated carbocycles. The molecule has 1 atom stereocenters. The van der Waals surface area contributed by atoms with Crippen molar-refractivity contribution in [2.24, 2.45) is 0 Å². The van der Waals surface area contributed by atoms with E-state index in [9.17, 15) is 18.5 Å². The molecule has 0 radical (unpaired) electrons. The first-order valence-electron chi connectivity index (χ1n) is 5.76. The Morgan fingerprint density at radius 1 is 1.53 bits per heavy atom. The Morgan fingerprint density at radius 3 is 2.79 bits per heavy atom. The summed E-state index contributed by atoms with van der Waals surface area (Å²) in [7, 11) is -3.65. The summed E-state index contributed by atoms with van der Waals surface area (Å²) in [6.45, 7) is 3.35. The van der Waals surface area contributed by atoms with E-state index >= 15 is 0 Å². The molecule has 104 valence electrons. The SMILES string of the molecule is CC1CNCCN1S(=O)(=O)c1ccc([N+](=O)[O-])nc1. The van der Waals surface area contributed by atoms with Crippen molar-refractivity contribution in [2.45, 2.75) is 17.9 Å². The largest absolute Gasteiger partial charge is 0.363 e. The van der Waals surface area contributed by atoms with Crippen LogP contribution in [0.25, 0.3) is 0 Å². The topological polar surface area (TPSA) is 105 Å². The normalized spacial score (nSPS) is 21.2. The van der Waals surface area contributed by atoms with Gasteiger partial charge in [0.05, 0.1) is 0 Å². The minimum atomic E-state index is -3.65. The summed E-state index contributed by atoms with van der Waals surface area (Å²) in [6.07, 6.45) is 1.03. The molecule has 1 aromatic heterocycles. The monoisotopic (exact) mass is 286 g/mol. The van der Waals surface area contributed by atoms with E-state index in [0.29, 0.717) is 19.6 Å². The van der Waals surface area contributed by atoms with Crippen molar-refractivity contribution in [3.63, 3.8) is 0 Å². The van der Waals surface area contributed by atoms with E-state index in [-0.39, 0.29) is 16.8 Å². The molecule has 0 aromatic carbocycles. The van der Waals surface area contributed by atoms with Crippen molar-refractivity contribution in [2.75, 3.05) is 19.6 Å². The zero-order valence-electron chi connectivity index (χ0n) is 10.3. The molecule has 2 rings (SSSR count). The fourth-order valence-electron chi connectivity index (χ4n) is 1.95. The first kappa shape index (κ1) is 13.8. The third kappa shape index (κ3) is 2.72. The van der Waals surface area contributed by atoms with Crippen LogP contribution in [0.1, 0.15) is 6.92 Å². The Hall–Kier alpha value is -1.58. The Labute approximate surface area is 110 Å². The Morgan fingerprint density at radius 2 is 2.26 bits per heavy atom. The molecule has 9 heteroatoms. The Balaban J connectivity index is 2.30. The van der Waals surface area contributed by atoms with Crippen LogP contribution in [-0.2, 0) is 10.0 Å². The van der Waals surface area contributed by atoms with Gasteiger partial charge in [-0.2, -0.15) is 4.31 Å². The number of hydrogen-bond donors (Lipinski definition) is 1. The summed E-state index contributed by atoms with van der Waals surface area (Å²) in [5.41, 5.74) is 0. The third-order valence-electron chi connectivity index (χ3n) is 2.95. The third-order valence-corrected chi connectivity index (χ3v) is 4.95. The Kier molecular flexibility index (Phi) is 3.78. The van der Waals surface area contributed by atoms with Gasteiger partial charge in [0.2, 0.25) is 10.0 Å². The van der Waals surface area contributed by atoms with Gasteiger partial charge < -0.3 is 15.4 Å². The van der Waals surface area contributed by atoms with Crippen molar-refractivity contribution in [1.29, 1.82) is 0 Å². The first-order chi connectivity index (χ1) is 8.93. The van der Waals surface area contributed by atoms with Crippen LogP contribution in [0.2, 0.25) is 0 Å². The minimum Gasteiger partial charge on any atom is -0.358 e. The van der Waals surface area contributed by atoms with E-state index in [1.165, 1.54) is 10.4 Å². The molecule has 2 heterocycles. The van der Waals surface area contributed by atoms with Gasteiger partial charge in [0.1, 0.15) is 4.90 Å². The second-order valence-electron chi connectivity index (χ2n) is 4.28. The van der Waals surface area contributed by atoms with Gasteiger partial charge in [-0.15, -0.1) is 0 Å². The standard InChI is InChI=1S/C10H14N4O4S/c1-8-6-11-4-5-13(8)19(17,18)9-2-3-10(12-7-9)14(15)16/h2-3,7-8,11H,4-6H2,1H3. The molecule has 1 unspecified atom stereocenters. The smallest absolute Gasteiger partial charge is 0.358 e. The lowest BCUT2D eigenvalue weighted by Crippen LogP contribution is -2.52. The molecule has 1 aliphatic heterocycles. The fraction of sp³-hybridized carbons (Fsp3) is 0.500. The van der Waals surface area contributed by atoms with Crippen LogP contribution < -0.4 is 5.32 Å². The van der Waals surface area contributed by atoms with Crippen LogP contribution in [0.3, 0.4) is 0 Å². The van der Waals surface area contributed by atoms with Gasteiger partial charge in [-0.1, -0.05) is 0 Å². The lowest BCUT2D eigenvalue weighted by molar-refractivity contribution is -0.389. The molecule has 0 amide bonds. The number of nitro groups is 1. The van der Waals surface area contributed by atoms with E-state index in [1.54, 1.807) is 0 Å². The molecule has 0 bridgehead atoms. The van der Waals surface area contributed by atoms with Gasteiger partial charge >= 0.3 is 5.82 Å². The van der Waals surface area contributed by atoms with E-state index in [1.807, 2.05) is 6.92 Å². The highest BCUT2D eigenvalue weighted by Gasteiger charge is 2.32. The number of nitrogens with one attached hydrogen (secondary N) is 1. The van der Waals surface area contributed by atoms with Crippen molar-refractivity contribution >= 4 is 15.8 Å². The molecule has 1 fully saturated rings. The van der Waals surface area contributed by atoms with Crippen molar-refractivity contribution in [3.8, 4) is 0 Å². The van der Waals surface area contributed by atoms with E-state index < -0.39 is 14.9 Å². The van der Waals surface area contributed by atoms with Crippen LogP contribution in [0, 0.1) is 10.1 Å². The average molecular weight is 286 g/mol. The molecule has 19 heavy (non-hydrogen) atoms. The molecule has 0 aliphatic carbocycles. The lowest BCUT2D eigenvalue weighted by Gasteiger charge is -2.32. The van der Waals surface area contributed by atoms with Crippen molar-refractivity contribution in [3.05, 3.63) is 28.4 Å². The highest BCUT2D eigenvalue weighted by molar-refractivity contribution is 7.89. The zero-order chi connectivity index (χ0) is 14.0. The maximum atomic E-state index is 12.4. The zero-order valence-corrected chi connectivity index (χ0v) is 11.1. The Bertz CT molecular complexity index is 572. The first-order valence-corrected chi connectivity index (χ1v) is 7.20. The molecular weight excluding hydrogens is 272 g/mol. The van der Waals surface area contributed by atoms with Crippen molar-refractivity contribution in [1.82, 2.24) is 14.6 Å².